The van der Waals surface area contributed by atoms with Gasteiger partial charge in [0.25, 0.3) is 0 Å². The highest BCUT2D eigenvalue weighted by Gasteiger charge is 2.04. The summed E-state index contributed by atoms with van der Waals surface area (Å²) in [6.45, 7) is 6.38. The number of hydrogen-bond acceptors (Lipinski definition) is 0. The molecule has 0 aliphatic rings. The highest BCUT2D eigenvalue weighted by atomic mass is 79.9. The van der Waals surface area contributed by atoms with Crippen LogP contribution in [0.1, 0.15) is 27.2 Å². The molecular formula is C7H13Br. The first kappa shape index (κ1) is 8.22. The van der Waals surface area contributed by atoms with Gasteiger partial charge in [-0.25, -0.2) is 0 Å². The number of alkyl halides is 1. The zero-order valence-electron chi connectivity index (χ0n) is 5.74. The number of allylic oxidation sites excluding steroid dienone is 2. The van der Waals surface area contributed by atoms with Gasteiger partial charge in [-0.1, -0.05) is 35.0 Å². The Morgan fingerprint density at radius 2 is 2.00 bits per heavy atom. The molecule has 0 amide bonds. The molecule has 48 valence electrons. The zero-order valence-corrected chi connectivity index (χ0v) is 7.33. The molecule has 1 heteroatoms. The molecule has 0 N–H and O–H groups in total. The van der Waals surface area contributed by atoms with Crippen LogP contribution in [0, 0.1) is 0 Å². The molecule has 8 heavy (non-hydrogen) atoms. The molecule has 0 aliphatic carbocycles. The van der Waals surface area contributed by atoms with Crippen LogP contribution in [0.2, 0.25) is 0 Å². The Morgan fingerprint density at radius 3 is 2.12 bits per heavy atom. The van der Waals surface area contributed by atoms with E-state index in [0.29, 0.717) is 0 Å². The van der Waals surface area contributed by atoms with E-state index in [1.807, 2.05) is 0 Å². The van der Waals surface area contributed by atoms with Crippen LogP contribution in [0.4, 0.5) is 0 Å². The minimum Gasteiger partial charge on any atom is -0.0874 e. The van der Waals surface area contributed by atoms with E-state index in [4.69, 9.17) is 0 Å². The summed E-state index contributed by atoms with van der Waals surface area (Å²) in [5.41, 5.74) is 0. The van der Waals surface area contributed by atoms with E-state index in [0.717, 1.165) is 6.42 Å². The van der Waals surface area contributed by atoms with E-state index < -0.39 is 0 Å². The Hall–Kier alpha value is 0.220. The summed E-state index contributed by atoms with van der Waals surface area (Å²) < 4.78 is 0.184. The van der Waals surface area contributed by atoms with Crippen molar-refractivity contribution in [2.75, 3.05) is 0 Å². The zero-order chi connectivity index (χ0) is 6.62. The van der Waals surface area contributed by atoms with Crippen molar-refractivity contribution in [3.05, 3.63) is 12.2 Å². The molecule has 0 aromatic carbocycles. The summed E-state index contributed by atoms with van der Waals surface area (Å²) in [5.74, 6) is 0. The Kier molecular flexibility index (Phi) is 3.38. The number of rotatable bonds is 2. The summed E-state index contributed by atoms with van der Waals surface area (Å²) in [5, 5.41) is 0. The van der Waals surface area contributed by atoms with Gasteiger partial charge in [0.2, 0.25) is 0 Å². The predicted molar refractivity (Wildman–Crippen MR) is 42.4 cm³/mol. The Labute approximate surface area is 60.1 Å². The first-order valence-electron chi connectivity index (χ1n) is 2.93. The Bertz CT molecular complexity index is 76.9. The molecule has 0 atom stereocenters. The van der Waals surface area contributed by atoms with Crippen LogP contribution in [-0.4, -0.2) is 4.32 Å². The maximum absolute atomic E-state index is 3.49. The van der Waals surface area contributed by atoms with Gasteiger partial charge >= 0.3 is 0 Å². The van der Waals surface area contributed by atoms with Gasteiger partial charge in [-0.05, 0) is 20.3 Å². The van der Waals surface area contributed by atoms with E-state index in [2.05, 4.69) is 48.9 Å². The lowest BCUT2D eigenvalue weighted by Gasteiger charge is -2.07. The maximum Gasteiger partial charge on any atom is 0.0380 e. The van der Waals surface area contributed by atoms with Crippen molar-refractivity contribution in [3.8, 4) is 0 Å². The van der Waals surface area contributed by atoms with Crippen molar-refractivity contribution >= 4 is 15.9 Å². The molecule has 0 aliphatic heterocycles. The van der Waals surface area contributed by atoms with E-state index in [9.17, 15) is 0 Å². The molecule has 0 saturated heterocycles. The van der Waals surface area contributed by atoms with Crippen LogP contribution in [-0.2, 0) is 0 Å². The maximum atomic E-state index is 3.49. The standard InChI is InChI=1S/C7H13Br/c1-4-5-6-7(2,3)8/h5-6H,4H2,1-3H3. The quantitative estimate of drug-likeness (QED) is 0.449. The molecule has 0 nitrogen and oxygen atoms in total. The first-order valence-corrected chi connectivity index (χ1v) is 3.72. The average Bonchev–Trinajstić information content (AvgIpc) is 1.59. The lowest BCUT2D eigenvalue weighted by Crippen LogP contribution is -2.02. The van der Waals surface area contributed by atoms with Gasteiger partial charge in [0.1, 0.15) is 0 Å². The molecular weight excluding hydrogens is 164 g/mol. The molecule has 0 unspecified atom stereocenters. The fourth-order valence-corrected chi connectivity index (χ4v) is 0.585. The molecule has 0 radical (unpaired) electrons. The van der Waals surface area contributed by atoms with Crippen LogP contribution in [0.15, 0.2) is 12.2 Å². The molecule has 0 fully saturated rings. The van der Waals surface area contributed by atoms with Crippen molar-refractivity contribution < 1.29 is 0 Å². The number of halogens is 1. The van der Waals surface area contributed by atoms with Crippen LogP contribution >= 0.6 is 15.9 Å². The second-order valence-corrected chi connectivity index (χ2v) is 4.42. The molecule has 0 heterocycles. The largest absolute Gasteiger partial charge is 0.0874 e. The van der Waals surface area contributed by atoms with Gasteiger partial charge in [-0.2, -0.15) is 0 Å². The van der Waals surface area contributed by atoms with Crippen molar-refractivity contribution in [1.82, 2.24) is 0 Å². The molecule has 0 saturated carbocycles. The van der Waals surface area contributed by atoms with Crippen LogP contribution < -0.4 is 0 Å². The topological polar surface area (TPSA) is 0 Å². The molecule has 0 bridgehead atoms. The normalized spacial score (nSPS) is 13.0. The monoisotopic (exact) mass is 176 g/mol. The summed E-state index contributed by atoms with van der Waals surface area (Å²) in [7, 11) is 0. The fourth-order valence-electron chi connectivity index (χ4n) is 0.398. The van der Waals surface area contributed by atoms with Crippen molar-refractivity contribution in [2.24, 2.45) is 0 Å². The third-order valence-electron chi connectivity index (χ3n) is 0.750. The van der Waals surface area contributed by atoms with Crippen molar-refractivity contribution in [1.29, 1.82) is 0 Å². The van der Waals surface area contributed by atoms with Crippen LogP contribution in [0.5, 0.6) is 0 Å². The van der Waals surface area contributed by atoms with E-state index in [1.165, 1.54) is 0 Å². The lowest BCUT2D eigenvalue weighted by atomic mass is 10.2. The van der Waals surface area contributed by atoms with E-state index >= 15 is 0 Å². The van der Waals surface area contributed by atoms with E-state index in [-0.39, 0.29) is 4.32 Å². The molecule has 0 aromatic heterocycles. The van der Waals surface area contributed by atoms with Crippen molar-refractivity contribution in [2.45, 2.75) is 31.5 Å². The third kappa shape index (κ3) is 6.22. The summed E-state index contributed by atoms with van der Waals surface area (Å²) in [4.78, 5) is 0. The first-order chi connectivity index (χ1) is 3.56. The van der Waals surface area contributed by atoms with Gasteiger partial charge in [-0.3, -0.25) is 0 Å². The molecule has 0 spiro atoms. The Balaban J connectivity index is 3.52. The van der Waals surface area contributed by atoms with E-state index in [1.54, 1.807) is 0 Å². The SMILES string of the molecule is CCC=CC(C)(C)Br. The molecule has 0 rings (SSSR count). The van der Waals surface area contributed by atoms with Gasteiger partial charge in [0.15, 0.2) is 0 Å². The van der Waals surface area contributed by atoms with Crippen LogP contribution in [0.25, 0.3) is 0 Å². The van der Waals surface area contributed by atoms with Gasteiger partial charge in [0.05, 0.1) is 0 Å². The fraction of sp³-hybridized carbons (Fsp3) is 0.714. The highest BCUT2D eigenvalue weighted by Crippen LogP contribution is 2.16. The summed E-state index contributed by atoms with van der Waals surface area (Å²) in [6.07, 6.45) is 5.44. The summed E-state index contributed by atoms with van der Waals surface area (Å²) in [6, 6.07) is 0. The minimum absolute atomic E-state index is 0.184. The van der Waals surface area contributed by atoms with Gasteiger partial charge in [0, 0.05) is 4.32 Å². The van der Waals surface area contributed by atoms with Crippen LogP contribution in [0.3, 0.4) is 0 Å². The van der Waals surface area contributed by atoms with Gasteiger partial charge in [-0.15, -0.1) is 0 Å². The second kappa shape index (κ2) is 3.29. The highest BCUT2D eigenvalue weighted by molar-refractivity contribution is 9.10. The van der Waals surface area contributed by atoms with Crippen molar-refractivity contribution in [3.63, 3.8) is 0 Å². The smallest absolute Gasteiger partial charge is 0.0380 e. The summed E-state index contributed by atoms with van der Waals surface area (Å²) >= 11 is 3.49. The Morgan fingerprint density at radius 1 is 1.50 bits per heavy atom. The van der Waals surface area contributed by atoms with Gasteiger partial charge < -0.3 is 0 Å². The number of hydrogen-bond donors (Lipinski definition) is 0. The molecule has 0 aromatic rings. The minimum atomic E-state index is 0.184. The second-order valence-electron chi connectivity index (χ2n) is 2.38. The third-order valence-corrected chi connectivity index (χ3v) is 1.01. The average molecular weight is 177 g/mol. The predicted octanol–water partition coefficient (Wildman–Crippen LogP) is 3.13. The lowest BCUT2D eigenvalue weighted by molar-refractivity contribution is 0.913.